The molecule has 1 heterocycles. The fraction of sp³-hybridized carbons (Fsp3) is 0.207. The van der Waals surface area contributed by atoms with Gasteiger partial charge in [0.2, 0.25) is 0 Å². The van der Waals surface area contributed by atoms with Gasteiger partial charge in [-0.15, -0.1) is 0 Å². The molecule has 202 valence electrons. The predicted molar refractivity (Wildman–Crippen MR) is 145 cm³/mol. The van der Waals surface area contributed by atoms with Crippen LogP contribution < -0.4 is 28.4 Å². The van der Waals surface area contributed by atoms with E-state index in [0.29, 0.717) is 51.1 Å². The third kappa shape index (κ3) is 5.49. The van der Waals surface area contributed by atoms with Gasteiger partial charge in [0.15, 0.2) is 34.5 Å². The van der Waals surface area contributed by atoms with E-state index >= 15 is 0 Å². The number of ether oxygens (including phenoxy) is 6. The Kier molecular flexibility index (Phi) is 8.35. The molecule has 0 atom stereocenters. The van der Waals surface area contributed by atoms with Gasteiger partial charge >= 0.3 is 5.97 Å². The molecular formula is C29H28N2O8. The fourth-order valence-electron chi connectivity index (χ4n) is 4.01. The summed E-state index contributed by atoms with van der Waals surface area (Å²) in [6.45, 7) is 0. The lowest BCUT2D eigenvalue weighted by atomic mass is 10.0. The highest BCUT2D eigenvalue weighted by Crippen LogP contribution is 2.35. The largest absolute Gasteiger partial charge is 0.493 e. The van der Waals surface area contributed by atoms with Crippen LogP contribution in [0.2, 0.25) is 0 Å². The molecule has 10 heteroatoms. The van der Waals surface area contributed by atoms with Gasteiger partial charge in [0, 0.05) is 17.1 Å². The number of hydrogen-bond donors (Lipinski definition) is 0. The number of carbonyl (C=O) groups excluding carboxylic acids is 1. The van der Waals surface area contributed by atoms with Crippen LogP contribution in [0.25, 0.3) is 10.8 Å². The van der Waals surface area contributed by atoms with Crippen molar-refractivity contribution >= 4 is 22.5 Å². The average Bonchev–Trinajstić information content (AvgIpc) is 2.99. The first kappa shape index (κ1) is 27.1. The number of nitrogens with zero attached hydrogens (tertiary/aromatic N) is 2. The molecule has 0 aliphatic rings. The molecule has 0 radical (unpaired) electrons. The molecule has 39 heavy (non-hydrogen) atoms. The second kappa shape index (κ2) is 12.0. The van der Waals surface area contributed by atoms with Crippen LogP contribution in [0.5, 0.6) is 34.5 Å². The molecule has 4 rings (SSSR count). The molecule has 10 nitrogen and oxygen atoms in total. The highest BCUT2D eigenvalue weighted by atomic mass is 16.7. The summed E-state index contributed by atoms with van der Waals surface area (Å²) in [6.07, 6.45) is 1.63. The van der Waals surface area contributed by atoms with Crippen molar-refractivity contribution in [3.8, 4) is 34.5 Å². The van der Waals surface area contributed by atoms with E-state index in [9.17, 15) is 4.79 Å². The van der Waals surface area contributed by atoms with E-state index in [4.69, 9.17) is 33.3 Å². The van der Waals surface area contributed by atoms with Crippen LogP contribution in [-0.2, 0) is 4.84 Å². The molecule has 0 unspecified atom stereocenters. The molecule has 0 spiro atoms. The van der Waals surface area contributed by atoms with Gasteiger partial charge in [0.1, 0.15) is 11.4 Å². The average molecular weight is 533 g/mol. The zero-order valence-electron chi connectivity index (χ0n) is 22.4. The maximum atomic E-state index is 13.0. The topological polar surface area (TPSA) is 107 Å². The van der Waals surface area contributed by atoms with Crippen molar-refractivity contribution in [2.45, 2.75) is 0 Å². The summed E-state index contributed by atoms with van der Waals surface area (Å²) in [7, 11) is 9.18. The van der Waals surface area contributed by atoms with Crippen molar-refractivity contribution in [3.63, 3.8) is 0 Å². The Bertz CT molecular complexity index is 1530. The van der Waals surface area contributed by atoms with Crippen molar-refractivity contribution in [2.75, 3.05) is 42.7 Å². The molecule has 0 saturated heterocycles. The van der Waals surface area contributed by atoms with Crippen molar-refractivity contribution in [1.29, 1.82) is 0 Å². The van der Waals surface area contributed by atoms with Crippen LogP contribution in [0.15, 0.2) is 65.9 Å². The van der Waals surface area contributed by atoms with E-state index < -0.39 is 5.97 Å². The number of hydrogen-bond acceptors (Lipinski definition) is 10. The Hall–Kier alpha value is -4.99. The lowest BCUT2D eigenvalue weighted by Gasteiger charge is -2.14. The van der Waals surface area contributed by atoms with Gasteiger partial charge in [0.05, 0.1) is 48.2 Å². The number of benzene rings is 3. The quantitative estimate of drug-likeness (QED) is 0.160. The van der Waals surface area contributed by atoms with Gasteiger partial charge in [-0.25, -0.2) is 4.79 Å². The number of methoxy groups -OCH3 is 6. The lowest BCUT2D eigenvalue weighted by Crippen LogP contribution is -2.11. The molecule has 0 N–H and O–H groups in total. The van der Waals surface area contributed by atoms with Gasteiger partial charge in [-0.05, 0) is 60.0 Å². The van der Waals surface area contributed by atoms with E-state index in [1.165, 1.54) is 27.4 Å². The van der Waals surface area contributed by atoms with Crippen molar-refractivity contribution in [1.82, 2.24) is 4.98 Å². The minimum atomic E-state index is -0.701. The molecule has 0 aliphatic carbocycles. The summed E-state index contributed by atoms with van der Waals surface area (Å²) in [5, 5.41) is 5.80. The normalized spacial score (nSPS) is 11.1. The van der Waals surface area contributed by atoms with Crippen molar-refractivity contribution in [2.24, 2.45) is 5.16 Å². The number of carbonyl (C=O) groups is 1. The lowest BCUT2D eigenvalue weighted by molar-refractivity contribution is 0.0516. The Balaban J connectivity index is 1.86. The van der Waals surface area contributed by atoms with Gasteiger partial charge in [-0.3, -0.25) is 4.98 Å². The molecule has 0 fully saturated rings. The number of fused-ring (bicyclic) bond motifs is 1. The molecule has 4 aromatic rings. The number of rotatable bonds is 10. The van der Waals surface area contributed by atoms with Crippen LogP contribution in [0.3, 0.4) is 0 Å². The number of aromatic nitrogens is 1. The van der Waals surface area contributed by atoms with E-state index in [1.54, 1.807) is 63.9 Å². The number of pyridine rings is 1. The summed E-state index contributed by atoms with van der Waals surface area (Å²) in [6, 6.07) is 15.4. The Labute approximate surface area is 225 Å². The van der Waals surface area contributed by atoms with Crippen LogP contribution in [0, 0.1) is 0 Å². The second-order valence-corrected chi connectivity index (χ2v) is 8.05. The zero-order chi connectivity index (χ0) is 27.9. The van der Waals surface area contributed by atoms with E-state index in [2.05, 4.69) is 10.1 Å². The summed E-state index contributed by atoms with van der Waals surface area (Å²) in [4.78, 5) is 23.0. The van der Waals surface area contributed by atoms with Crippen LogP contribution in [0.4, 0.5) is 0 Å². The molecule has 0 aliphatic heterocycles. The van der Waals surface area contributed by atoms with Gasteiger partial charge in [0.25, 0.3) is 0 Å². The molecule has 1 aromatic heterocycles. The number of oxime groups is 1. The van der Waals surface area contributed by atoms with E-state index in [1.807, 2.05) is 12.1 Å². The highest BCUT2D eigenvalue weighted by Gasteiger charge is 2.20. The summed E-state index contributed by atoms with van der Waals surface area (Å²) >= 11 is 0. The fourth-order valence-corrected chi connectivity index (χ4v) is 4.01. The first-order valence-corrected chi connectivity index (χ1v) is 11.7. The highest BCUT2D eigenvalue weighted by molar-refractivity contribution is 6.18. The Morgan fingerprint density at radius 2 is 1.13 bits per heavy atom. The summed E-state index contributed by atoms with van der Waals surface area (Å²) in [5.41, 5.74) is 1.52. The van der Waals surface area contributed by atoms with E-state index in [0.717, 1.165) is 5.39 Å². The van der Waals surface area contributed by atoms with Crippen LogP contribution in [0.1, 0.15) is 21.6 Å². The summed E-state index contributed by atoms with van der Waals surface area (Å²) < 4.78 is 32.4. The SMILES string of the molecule is COc1ccc(C(=O)O/N=C(/c2ccc(OC)c(OC)c2)c2nccc3cc(OC)c(OC)cc23)cc1OC. The second-order valence-electron chi connectivity index (χ2n) is 8.05. The molecule has 0 amide bonds. The van der Waals surface area contributed by atoms with E-state index in [-0.39, 0.29) is 11.3 Å². The van der Waals surface area contributed by atoms with Crippen molar-refractivity contribution < 1.29 is 38.1 Å². The van der Waals surface area contributed by atoms with Gasteiger partial charge in [-0.2, -0.15) is 0 Å². The molecule has 3 aromatic carbocycles. The first-order valence-electron chi connectivity index (χ1n) is 11.7. The maximum Gasteiger partial charge on any atom is 0.365 e. The van der Waals surface area contributed by atoms with Gasteiger partial charge < -0.3 is 33.3 Å². The minimum Gasteiger partial charge on any atom is -0.493 e. The smallest absolute Gasteiger partial charge is 0.365 e. The predicted octanol–water partition coefficient (Wildman–Crippen LogP) is 4.90. The third-order valence-corrected chi connectivity index (χ3v) is 5.99. The monoisotopic (exact) mass is 532 g/mol. The minimum absolute atomic E-state index is 0.223. The Morgan fingerprint density at radius 3 is 1.72 bits per heavy atom. The molecular weight excluding hydrogens is 504 g/mol. The summed E-state index contributed by atoms with van der Waals surface area (Å²) in [5.74, 6) is 2.22. The maximum absolute atomic E-state index is 13.0. The standard InChI is InChI=1S/C29H28N2O8/c1-33-21-9-7-18(14-23(21)35-3)27(31-39-29(32)19-8-10-22(34-2)24(15-19)36-4)28-20-16-26(38-6)25(37-5)13-17(20)11-12-30-28/h7-16H,1-6H3/b31-27-. The zero-order valence-corrected chi connectivity index (χ0v) is 22.4. The third-order valence-electron chi connectivity index (χ3n) is 5.99. The van der Waals surface area contributed by atoms with Crippen LogP contribution in [-0.4, -0.2) is 59.3 Å². The first-order chi connectivity index (χ1) is 19.0. The van der Waals surface area contributed by atoms with Crippen LogP contribution >= 0.6 is 0 Å². The Morgan fingerprint density at radius 1 is 0.615 bits per heavy atom. The molecule has 0 saturated carbocycles. The molecule has 0 bridgehead atoms. The van der Waals surface area contributed by atoms with Crippen molar-refractivity contribution in [3.05, 3.63) is 77.6 Å². The van der Waals surface area contributed by atoms with Gasteiger partial charge in [-0.1, -0.05) is 5.16 Å².